The number of hydrogen-bond donors (Lipinski definition) is 1. The first kappa shape index (κ1) is 13.3. The summed E-state index contributed by atoms with van der Waals surface area (Å²) in [7, 11) is 0. The number of benzene rings is 1. The van der Waals surface area contributed by atoms with E-state index in [4.69, 9.17) is 0 Å². The van der Waals surface area contributed by atoms with Gasteiger partial charge in [-0.1, -0.05) is 18.2 Å². The van der Waals surface area contributed by atoms with Crippen molar-refractivity contribution in [3.8, 4) is 0 Å². The summed E-state index contributed by atoms with van der Waals surface area (Å²) in [5, 5.41) is 2.79. The SMILES string of the molecule is C=CCNC(=O)C(C)N1CCC(=O)c2ccccc21. The lowest BCUT2D eigenvalue weighted by molar-refractivity contribution is -0.121. The smallest absolute Gasteiger partial charge is 0.242 e. The zero-order chi connectivity index (χ0) is 13.8. The van der Waals surface area contributed by atoms with Gasteiger partial charge in [0.15, 0.2) is 5.78 Å². The average molecular weight is 258 g/mol. The highest BCUT2D eigenvalue weighted by atomic mass is 16.2. The molecule has 0 aliphatic carbocycles. The summed E-state index contributed by atoms with van der Waals surface area (Å²) in [4.78, 5) is 25.8. The van der Waals surface area contributed by atoms with Crippen molar-refractivity contribution in [1.82, 2.24) is 5.32 Å². The van der Waals surface area contributed by atoms with Gasteiger partial charge in [0, 0.05) is 30.8 Å². The van der Waals surface area contributed by atoms with Crippen LogP contribution in [0.5, 0.6) is 0 Å². The number of nitrogens with one attached hydrogen (secondary N) is 1. The molecule has 1 aliphatic heterocycles. The van der Waals surface area contributed by atoms with Crippen molar-refractivity contribution in [2.24, 2.45) is 0 Å². The van der Waals surface area contributed by atoms with Gasteiger partial charge in [-0.25, -0.2) is 0 Å². The maximum absolute atomic E-state index is 12.0. The Morgan fingerprint density at radius 1 is 1.53 bits per heavy atom. The Balaban J connectivity index is 2.22. The first-order valence-electron chi connectivity index (χ1n) is 6.42. The standard InChI is InChI=1S/C15H18N2O2/c1-3-9-16-15(19)11(2)17-10-8-14(18)12-6-4-5-7-13(12)17/h3-7,11H,1,8-10H2,2H3,(H,16,19). The second-order valence-electron chi connectivity index (χ2n) is 4.59. The van der Waals surface area contributed by atoms with Crippen molar-refractivity contribution in [3.63, 3.8) is 0 Å². The number of hydrogen-bond acceptors (Lipinski definition) is 3. The van der Waals surface area contributed by atoms with E-state index in [9.17, 15) is 9.59 Å². The molecule has 0 saturated heterocycles. The van der Waals surface area contributed by atoms with Gasteiger partial charge in [0.1, 0.15) is 6.04 Å². The molecule has 2 rings (SSSR count). The number of para-hydroxylation sites is 1. The topological polar surface area (TPSA) is 49.4 Å². The van der Waals surface area contributed by atoms with Crippen LogP contribution in [0.4, 0.5) is 5.69 Å². The summed E-state index contributed by atoms with van der Waals surface area (Å²) < 4.78 is 0. The molecule has 1 aromatic carbocycles. The molecule has 1 heterocycles. The van der Waals surface area contributed by atoms with Crippen molar-refractivity contribution in [3.05, 3.63) is 42.5 Å². The van der Waals surface area contributed by atoms with E-state index < -0.39 is 0 Å². The minimum absolute atomic E-state index is 0.0518. The number of Topliss-reactive ketones (excluding diaryl/α,β-unsaturated/α-hetero) is 1. The molecule has 4 heteroatoms. The van der Waals surface area contributed by atoms with E-state index in [1.165, 1.54) is 0 Å². The van der Waals surface area contributed by atoms with Gasteiger partial charge >= 0.3 is 0 Å². The predicted molar refractivity (Wildman–Crippen MR) is 75.4 cm³/mol. The van der Waals surface area contributed by atoms with Gasteiger partial charge in [0.2, 0.25) is 5.91 Å². The molecule has 0 spiro atoms. The Morgan fingerprint density at radius 3 is 3.00 bits per heavy atom. The zero-order valence-electron chi connectivity index (χ0n) is 11.1. The van der Waals surface area contributed by atoms with E-state index >= 15 is 0 Å². The van der Waals surface area contributed by atoms with Crippen LogP contribution in [0.1, 0.15) is 23.7 Å². The first-order valence-corrected chi connectivity index (χ1v) is 6.42. The molecular formula is C15H18N2O2. The molecule has 1 atom stereocenters. The van der Waals surface area contributed by atoms with E-state index in [0.717, 1.165) is 5.69 Å². The molecule has 0 aromatic heterocycles. The molecule has 19 heavy (non-hydrogen) atoms. The van der Waals surface area contributed by atoms with Crippen LogP contribution in [0, 0.1) is 0 Å². The fraction of sp³-hybridized carbons (Fsp3) is 0.333. The number of ketones is 1. The average Bonchev–Trinajstić information content (AvgIpc) is 2.45. The van der Waals surface area contributed by atoms with Crippen molar-refractivity contribution >= 4 is 17.4 Å². The van der Waals surface area contributed by atoms with Crippen LogP contribution in [0.15, 0.2) is 36.9 Å². The summed E-state index contributed by atoms with van der Waals surface area (Å²) in [6, 6.07) is 7.15. The maximum atomic E-state index is 12.0. The third kappa shape index (κ3) is 2.67. The predicted octanol–water partition coefficient (Wildman–Crippen LogP) is 1.77. The largest absolute Gasteiger partial charge is 0.359 e. The van der Waals surface area contributed by atoms with Crippen LogP contribution in [-0.2, 0) is 4.79 Å². The molecule has 1 amide bonds. The summed E-state index contributed by atoms with van der Waals surface area (Å²) in [5.74, 6) is 0.0922. The van der Waals surface area contributed by atoms with Gasteiger partial charge < -0.3 is 10.2 Å². The molecule has 0 fully saturated rings. The second-order valence-corrected chi connectivity index (χ2v) is 4.59. The Kier molecular flexibility index (Phi) is 4.00. The number of amides is 1. The summed E-state index contributed by atoms with van der Waals surface area (Å²) in [6.45, 7) is 6.47. The highest BCUT2D eigenvalue weighted by Crippen LogP contribution is 2.28. The number of nitrogens with zero attached hydrogens (tertiary/aromatic N) is 1. The van der Waals surface area contributed by atoms with Crippen LogP contribution in [-0.4, -0.2) is 30.8 Å². The fourth-order valence-corrected chi connectivity index (χ4v) is 2.30. The van der Waals surface area contributed by atoms with E-state index in [1.807, 2.05) is 36.1 Å². The summed E-state index contributed by atoms with van der Waals surface area (Å²) in [5.41, 5.74) is 1.55. The minimum atomic E-state index is -0.297. The van der Waals surface area contributed by atoms with E-state index in [0.29, 0.717) is 25.1 Å². The molecule has 0 saturated carbocycles. The molecule has 100 valence electrons. The van der Waals surface area contributed by atoms with Gasteiger partial charge in [-0.15, -0.1) is 6.58 Å². The lowest BCUT2D eigenvalue weighted by Gasteiger charge is -2.34. The van der Waals surface area contributed by atoms with Crippen LogP contribution in [0.2, 0.25) is 0 Å². The lowest BCUT2D eigenvalue weighted by atomic mass is 9.99. The van der Waals surface area contributed by atoms with Crippen LogP contribution in [0.25, 0.3) is 0 Å². The zero-order valence-corrected chi connectivity index (χ0v) is 11.1. The van der Waals surface area contributed by atoms with Gasteiger partial charge in [0.05, 0.1) is 0 Å². The lowest BCUT2D eigenvalue weighted by Crippen LogP contribution is -2.48. The van der Waals surface area contributed by atoms with Gasteiger partial charge in [-0.3, -0.25) is 9.59 Å². The number of carbonyl (C=O) groups excluding carboxylic acids is 2. The van der Waals surface area contributed by atoms with Crippen molar-refractivity contribution in [2.75, 3.05) is 18.0 Å². The second kappa shape index (κ2) is 5.69. The number of anilines is 1. The third-order valence-corrected chi connectivity index (χ3v) is 3.36. The van der Waals surface area contributed by atoms with Crippen LogP contribution in [0.3, 0.4) is 0 Å². The Bertz CT molecular complexity index is 511. The molecule has 4 nitrogen and oxygen atoms in total. The maximum Gasteiger partial charge on any atom is 0.242 e. The third-order valence-electron chi connectivity index (χ3n) is 3.36. The van der Waals surface area contributed by atoms with Crippen molar-refractivity contribution < 1.29 is 9.59 Å². The first-order chi connectivity index (χ1) is 9.15. The summed E-state index contributed by atoms with van der Waals surface area (Å²) in [6.07, 6.45) is 2.11. The van der Waals surface area contributed by atoms with E-state index in [-0.39, 0.29) is 17.7 Å². The minimum Gasteiger partial charge on any atom is -0.359 e. The molecule has 1 N–H and O–H groups in total. The Hall–Kier alpha value is -2.10. The highest BCUT2D eigenvalue weighted by molar-refractivity contribution is 6.04. The van der Waals surface area contributed by atoms with Crippen LogP contribution >= 0.6 is 0 Å². The molecule has 1 aromatic rings. The molecular weight excluding hydrogens is 240 g/mol. The molecule has 1 unspecified atom stereocenters. The number of fused-ring (bicyclic) bond motifs is 1. The highest BCUT2D eigenvalue weighted by Gasteiger charge is 2.28. The van der Waals surface area contributed by atoms with Crippen LogP contribution < -0.4 is 10.2 Å². The molecule has 1 aliphatic rings. The monoisotopic (exact) mass is 258 g/mol. The Morgan fingerprint density at radius 2 is 2.26 bits per heavy atom. The van der Waals surface area contributed by atoms with E-state index in [2.05, 4.69) is 11.9 Å². The quantitative estimate of drug-likeness (QED) is 0.837. The Labute approximate surface area is 113 Å². The molecule has 0 bridgehead atoms. The number of rotatable bonds is 4. The normalized spacial score (nSPS) is 15.6. The van der Waals surface area contributed by atoms with Crippen molar-refractivity contribution in [1.29, 1.82) is 0 Å². The summed E-state index contributed by atoms with van der Waals surface area (Å²) >= 11 is 0. The fourth-order valence-electron chi connectivity index (χ4n) is 2.30. The van der Waals surface area contributed by atoms with Gasteiger partial charge in [-0.05, 0) is 19.1 Å². The van der Waals surface area contributed by atoms with E-state index in [1.54, 1.807) is 6.08 Å². The van der Waals surface area contributed by atoms with Gasteiger partial charge in [0.25, 0.3) is 0 Å². The van der Waals surface area contributed by atoms with Gasteiger partial charge in [-0.2, -0.15) is 0 Å². The van der Waals surface area contributed by atoms with Crippen molar-refractivity contribution in [2.45, 2.75) is 19.4 Å². The molecule has 0 radical (unpaired) electrons. The number of carbonyl (C=O) groups is 2.